The first-order valence-corrected chi connectivity index (χ1v) is 9.89. The van der Waals surface area contributed by atoms with Crippen LogP contribution >= 0.6 is 0 Å². The van der Waals surface area contributed by atoms with Crippen molar-refractivity contribution in [1.29, 1.82) is 0 Å². The summed E-state index contributed by atoms with van der Waals surface area (Å²) in [6.07, 6.45) is 0.0925. The Morgan fingerprint density at radius 2 is 1.54 bits per heavy atom. The van der Waals surface area contributed by atoms with Crippen molar-refractivity contribution in [2.75, 3.05) is 6.61 Å². The van der Waals surface area contributed by atoms with Crippen molar-refractivity contribution in [2.24, 2.45) is 5.14 Å². The molecule has 2 aromatic carbocycles. The SMILES string of the molecule is CC.Cc1ccccc1CCCOS(N)(=O)=O.OC(O)c1ccccc1. The van der Waals surface area contributed by atoms with Crippen LogP contribution in [0.5, 0.6) is 0 Å². The molecule has 2 aromatic rings. The van der Waals surface area contributed by atoms with Gasteiger partial charge in [0.25, 0.3) is 0 Å². The first-order chi connectivity index (χ1) is 12.3. The van der Waals surface area contributed by atoms with Gasteiger partial charge in [-0.3, -0.25) is 4.18 Å². The fourth-order valence-corrected chi connectivity index (χ4v) is 2.30. The van der Waals surface area contributed by atoms with Crippen LogP contribution in [-0.4, -0.2) is 25.2 Å². The second-order valence-corrected chi connectivity index (χ2v) is 6.35. The lowest BCUT2D eigenvalue weighted by Gasteiger charge is -2.04. The van der Waals surface area contributed by atoms with E-state index in [0.717, 1.165) is 6.42 Å². The first kappa shape index (κ1) is 24.2. The summed E-state index contributed by atoms with van der Waals surface area (Å²) in [4.78, 5) is 0. The Bertz CT molecular complexity index is 703. The van der Waals surface area contributed by atoms with Gasteiger partial charge in [-0.2, -0.15) is 8.42 Å². The second kappa shape index (κ2) is 13.4. The molecule has 0 heterocycles. The third-order valence-corrected chi connectivity index (χ3v) is 3.69. The molecule has 0 radical (unpaired) electrons. The largest absolute Gasteiger partial charge is 0.364 e. The lowest BCUT2D eigenvalue weighted by molar-refractivity contribution is -0.0424. The molecule has 0 amide bonds. The van der Waals surface area contributed by atoms with Gasteiger partial charge in [0, 0.05) is 5.56 Å². The maximum atomic E-state index is 10.5. The summed E-state index contributed by atoms with van der Waals surface area (Å²) in [7, 11) is -3.79. The molecule has 4 N–H and O–H groups in total. The quantitative estimate of drug-likeness (QED) is 0.525. The van der Waals surface area contributed by atoms with Crippen molar-refractivity contribution >= 4 is 10.3 Å². The van der Waals surface area contributed by atoms with Crippen LogP contribution in [-0.2, 0) is 20.9 Å². The molecular weight excluding hydrogens is 354 g/mol. The van der Waals surface area contributed by atoms with E-state index in [1.54, 1.807) is 24.3 Å². The van der Waals surface area contributed by atoms with Crippen LogP contribution in [0.3, 0.4) is 0 Å². The zero-order chi connectivity index (χ0) is 20.0. The van der Waals surface area contributed by atoms with Crippen LogP contribution in [0.2, 0.25) is 0 Å². The standard InChI is InChI=1S/C10H15NO3S.C7H8O2.C2H6/c1-9-5-2-3-6-10(9)7-4-8-14-15(11,12)13;8-7(9)6-4-2-1-3-5-6;1-2/h2-3,5-6H,4,7-8H2,1H3,(H2,11,12,13);1-5,7-9H;1-2H3. The summed E-state index contributed by atoms with van der Waals surface area (Å²) in [5.41, 5.74) is 2.93. The van der Waals surface area contributed by atoms with Gasteiger partial charge in [-0.25, -0.2) is 5.14 Å². The topological polar surface area (TPSA) is 110 Å². The van der Waals surface area contributed by atoms with Crippen LogP contribution in [0.4, 0.5) is 0 Å². The maximum Gasteiger partial charge on any atom is 0.333 e. The summed E-state index contributed by atoms with van der Waals surface area (Å²) in [5.74, 6) is 0. The molecule has 0 unspecified atom stereocenters. The van der Waals surface area contributed by atoms with E-state index in [-0.39, 0.29) is 6.61 Å². The Morgan fingerprint density at radius 1 is 1.00 bits per heavy atom. The average molecular weight is 384 g/mol. The van der Waals surface area contributed by atoms with E-state index < -0.39 is 16.6 Å². The molecule has 0 aliphatic carbocycles. The van der Waals surface area contributed by atoms with Crippen molar-refractivity contribution < 1.29 is 22.8 Å². The fourth-order valence-electron chi connectivity index (χ4n) is 1.95. The number of aliphatic hydroxyl groups is 2. The Kier molecular flexibility index (Phi) is 12.5. The minimum Gasteiger partial charge on any atom is -0.364 e. The Labute approximate surface area is 156 Å². The van der Waals surface area contributed by atoms with Crippen LogP contribution in [0.15, 0.2) is 54.6 Å². The summed E-state index contributed by atoms with van der Waals surface area (Å²) >= 11 is 0. The number of aliphatic hydroxyl groups excluding tert-OH is 1. The fraction of sp³-hybridized carbons (Fsp3) is 0.368. The van der Waals surface area contributed by atoms with Gasteiger partial charge in [-0.1, -0.05) is 68.4 Å². The van der Waals surface area contributed by atoms with Crippen molar-refractivity contribution in [3.05, 3.63) is 71.3 Å². The van der Waals surface area contributed by atoms with Gasteiger partial charge in [-0.05, 0) is 30.9 Å². The lowest BCUT2D eigenvalue weighted by Crippen LogP contribution is -2.16. The molecule has 0 aliphatic heterocycles. The molecule has 26 heavy (non-hydrogen) atoms. The normalized spacial score (nSPS) is 10.4. The molecule has 0 atom stereocenters. The van der Waals surface area contributed by atoms with Crippen LogP contribution in [0.1, 0.15) is 43.2 Å². The number of hydrogen-bond donors (Lipinski definition) is 3. The lowest BCUT2D eigenvalue weighted by atomic mass is 10.0. The van der Waals surface area contributed by atoms with Gasteiger partial charge in [0.2, 0.25) is 0 Å². The molecule has 0 bridgehead atoms. The molecule has 0 aromatic heterocycles. The number of nitrogens with two attached hydrogens (primary N) is 1. The van der Waals surface area contributed by atoms with Gasteiger partial charge in [0.15, 0.2) is 6.29 Å². The minimum absolute atomic E-state index is 0.132. The molecule has 0 saturated carbocycles. The van der Waals surface area contributed by atoms with E-state index in [0.29, 0.717) is 12.0 Å². The predicted octanol–water partition coefficient (Wildman–Crippen LogP) is 2.84. The summed E-state index contributed by atoms with van der Waals surface area (Å²) in [6, 6.07) is 16.6. The number of benzene rings is 2. The molecule has 0 fully saturated rings. The predicted molar refractivity (Wildman–Crippen MR) is 104 cm³/mol. The van der Waals surface area contributed by atoms with Crippen LogP contribution < -0.4 is 5.14 Å². The Hall–Kier alpha value is -1.77. The van der Waals surface area contributed by atoms with Crippen molar-refractivity contribution in [1.82, 2.24) is 0 Å². The van der Waals surface area contributed by atoms with E-state index >= 15 is 0 Å². The summed E-state index contributed by atoms with van der Waals surface area (Å²) in [5, 5.41) is 21.9. The van der Waals surface area contributed by atoms with E-state index in [1.807, 2.05) is 51.1 Å². The van der Waals surface area contributed by atoms with Gasteiger partial charge in [0.05, 0.1) is 6.61 Å². The molecule has 0 spiro atoms. The highest BCUT2D eigenvalue weighted by atomic mass is 32.2. The zero-order valence-electron chi connectivity index (χ0n) is 15.5. The average Bonchev–Trinajstić information content (AvgIpc) is 2.62. The van der Waals surface area contributed by atoms with Crippen LogP contribution in [0.25, 0.3) is 0 Å². The smallest absolute Gasteiger partial charge is 0.333 e. The van der Waals surface area contributed by atoms with Crippen molar-refractivity contribution in [2.45, 2.75) is 39.9 Å². The monoisotopic (exact) mass is 383 g/mol. The highest BCUT2D eigenvalue weighted by Crippen LogP contribution is 2.09. The summed E-state index contributed by atoms with van der Waals surface area (Å²) < 4.78 is 25.4. The van der Waals surface area contributed by atoms with Gasteiger partial charge < -0.3 is 10.2 Å². The molecule has 7 heteroatoms. The third-order valence-electron chi connectivity index (χ3n) is 3.20. The van der Waals surface area contributed by atoms with E-state index in [1.165, 1.54) is 11.1 Å². The highest BCUT2D eigenvalue weighted by molar-refractivity contribution is 7.84. The molecule has 146 valence electrons. The highest BCUT2D eigenvalue weighted by Gasteiger charge is 2.02. The molecule has 6 nitrogen and oxygen atoms in total. The first-order valence-electron chi connectivity index (χ1n) is 8.42. The minimum atomic E-state index is -3.79. The van der Waals surface area contributed by atoms with E-state index in [4.69, 9.17) is 15.4 Å². The molecule has 0 aliphatic rings. The molecular formula is C19H29NO5S. The van der Waals surface area contributed by atoms with Gasteiger partial charge in [0.1, 0.15) is 0 Å². The van der Waals surface area contributed by atoms with E-state index in [2.05, 4.69) is 4.18 Å². The number of rotatable bonds is 6. The summed E-state index contributed by atoms with van der Waals surface area (Å²) in [6.45, 7) is 6.16. The van der Waals surface area contributed by atoms with Crippen molar-refractivity contribution in [3.8, 4) is 0 Å². The second-order valence-electron chi connectivity index (χ2n) is 5.13. The number of aryl methyl sites for hydroxylation is 2. The Balaban J connectivity index is 0.000000484. The maximum absolute atomic E-state index is 10.5. The van der Waals surface area contributed by atoms with Crippen LogP contribution in [0, 0.1) is 6.92 Å². The van der Waals surface area contributed by atoms with Gasteiger partial charge >= 0.3 is 10.3 Å². The Morgan fingerprint density at radius 3 is 2.00 bits per heavy atom. The van der Waals surface area contributed by atoms with Gasteiger partial charge in [-0.15, -0.1) is 0 Å². The number of hydrogen-bond acceptors (Lipinski definition) is 5. The molecule has 0 saturated heterocycles. The van der Waals surface area contributed by atoms with E-state index in [9.17, 15) is 8.42 Å². The molecule has 2 rings (SSSR count). The third kappa shape index (κ3) is 11.7. The van der Waals surface area contributed by atoms with Crippen molar-refractivity contribution in [3.63, 3.8) is 0 Å². The zero-order valence-corrected chi connectivity index (χ0v) is 16.3.